The standard InChI is InChI=1S/C8H4F6INO/c1-3-4(17-8(12,13)14)2-16-6(15)5(3)7(9,10)11/h2H,1H3. The van der Waals surface area contributed by atoms with Crippen molar-refractivity contribution in [3.05, 3.63) is 21.0 Å². The summed E-state index contributed by atoms with van der Waals surface area (Å²) < 4.78 is 76.4. The SMILES string of the molecule is Cc1c(OC(F)(F)F)cnc(I)c1C(F)(F)F. The molecular formula is C8H4F6INO. The lowest BCUT2D eigenvalue weighted by molar-refractivity contribution is -0.275. The van der Waals surface area contributed by atoms with Crippen LogP contribution < -0.4 is 4.74 Å². The zero-order chi connectivity index (χ0) is 13.4. The Morgan fingerprint density at radius 3 is 2.12 bits per heavy atom. The first kappa shape index (κ1) is 14.3. The Bertz CT molecular complexity index is 427. The van der Waals surface area contributed by atoms with Gasteiger partial charge >= 0.3 is 12.5 Å². The molecule has 0 radical (unpaired) electrons. The van der Waals surface area contributed by atoms with E-state index in [2.05, 4.69) is 9.72 Å². The summed E-state index contributed by atoms with van der Waals surface area (Å²) in [6.07, 6.45) is -9.22. The third-order valence-corrected chi connectivity index (χ3v) is 2.57. The van der Waals surface area contributed by atoms with E-state index in [0.29, 0.717) is 6.20 Å². The number of hydrogen-bond donors (Lipinski definition) is 0. The molecule has 0 unspecified atom stereocenters. The lowest BCUT2D eigenvalue weighted by atomic mass is 10.1. The van der Waals surface area contributed by atoms with Crippen LogP contribution in [0.4, 0.5) is 26.3 Å². The van der Waals surface area contributed by atoms with Crippen molar-refractivity contribution >= 4 is 22.6 Å². The van der Waals surface area contributed by atoms with Crippen molar-refractivity contribution in [3.8, 4) is 5.75 Å². The molecule has 0 amide bonds. The Hall–Kier alpha value is -0.740. The van der Waals surface area contributed by atoms with E-state index in [9.17, 15) is 26.3 Å². The van der Waals surface area contributed by atoms with E-state index in [0.717, 1.165) is 6.92 Å². The van der Waals surface area contributed by atoms with Gasteiger partial charge in [0, 0.05) is 5.56 Å². The van der Waals surface area contributed by atoms with Gasteiger partial charge in [0.2, 0.25) is 0 Å². The molecule has 1 rings (SSSR count). The van der Waals surface area contributed by atoms with Crippen molar-refractivity contribution in [1.29, 1.82) is 0 Å². The summed E-state index contributed by atoms with van der Waals surface area (Å²) >= 11 is 1.30. The van der Waals surface area contributed by atoms with Gasteiger partial charge in [-0.15, -0.1) is 13.2 Å². The molecule has 1 aromatic rings. The van der Waals surface area contributed by atoms with Gasteiger partial charge in [-0.2, -0.15) is 13.2 Å². The lowest BCUT2D eigenvalue weighted by Gasteiger charge is -2.16. The summed E-state index contributed by atoms with van der Waals surface area (Å²) in [7, 11) is 0. The summed E-state index contributed by atoms with van der Waals surface area (Å²) in [6.45, 7) is 0.897. The van der Waals surface area contributed by atoms with Gasteiger partial charge in [0.15, 0.2) is 5.75 Å². The predicted octanol–water partition coefficient (Wildman–Crippen LogP) is 3.91. The van der Waals surface area contributed by atoms with Gasteiger partial charge in [-0.1, -0.05) is 0 Å². The Morgan fingerprint density at radius 1 is 1.18 bits per heavy atom. The summed E-state index contributed by atoms with van der Waals surface area (Å²) in [5.74, 6) is -0.953. The van der Waals surface area contributed by atoms with Crippen LogP contribution in [0.25, 0.3) is 0 Å². The number of ether oxygens (including phenoxy) is 1. The van der Waals surface area contributed by atoms with Crippen LogP contribution in [0.15, 0.2) is 6.20 Å². The molecule has 0 aromatic carbocycles. The maximum Gasteiger partial charge on any atom is 0.573 e. The minimum absolute atomic E-state index is 0.429. The van der Waals surface area contributed by atoms with Crippen LogP contribution in [0, 0.1) is 10.6 Å². The van der Waals surface area contributed by atoms with E-state index in [4.69, 9.17) is 0 Å². The molecule has 1 aromatic heterocycles. The first-order chi connectivity index (χ1) is 7.52. The minimum atomic E-state index is -5.05. The van der Waals surface area contributed by atoms with E-state index in [-0.39, 0.29) is 0 Å². The molecule has 0 bridgehead atoms. The Kier molecular flexibility index (Phi) is 3.79. The molecule has 0 atom stereocenters. The molecule has 2 nitrogen and oxygen atoms in total. The second-order valence-electron chi connectivity index (χ2n) is 2.96. The molecule has 0 saturated carbocycles. The molecule has 0 aliphatic rings. The van der Waals surface area contributed by atoms with Gasteiger partial charge in [-0.3, -0.25) is 0 Å². The summed E-state index contributed by atoms with van der Waals surface area (Å²) in [5.41, 5.74) is -1.87. The van der Waals surface area contributed by atoms with Crippen molar-refractivity contribution in [1.82, 2.24) is 4.98 Å². The lowest BCUT2D eigenvalue weighted by Crippen LogP contribution is -2.20. The summed E-state index contributed by atoms with van der Waals surface area (Å²) in [5, 5.41) is 0. The largest absolute Gasteiger partial charge is 0.573 e. The van der Waals surface area contributed by atoms with Crippen LogP contribution in [0.5, 0.6) is 5.75 Å². The maximum atomic E-state index is 12.5. The highest BCUT2D eigenvalue weighted by atomic mass is 127. The topological polar surface area (TPSA) is 22.1 Å². The third kappa shape index (κ3) is 3.61. The van der Waals surface area contributed by atoms with Gasteiger partial charge < -0.3 is 4.74 Å². The second-order valence-corrected chi connectivity index (χ2v) is 3.98. The highest BCUT2D eigenvalue weighted by molar-refractivity contribution is 14.1. The molecule has 0 spiro atoms. The Balaban J connectivity index is 3.30. The molecule has 9 heteroatoms. The number of halogens is 7. The molecular weight excluding hydrogens is 367 g/mol. The number of nitrogens with zero attached hydrogens (tertiary/aromatic N) is 1. The normalized spacial score (nSPS) is 12.7. The van der Waals surface area contributed by atoms with E-state index in [1.165, 1.54) is 22.6 Å². The average molecular weight is 371 g/mol. The van der Waals surface area contributed by atoms with Crippen LogP contribution in [0.1, 0.15) is 11.1 Å². The van der Waals surface area contributed by atoms with Gasteiger partial charge in [0.05, 0.1) is 11.8 Å². The maximum absolute atomic E-state index is 12.5. The van der Waals surface area contributed by atoms with Gasteiger partial charge in [-0.05, 0) is 29.5 Å². The molecule has 0 aliphatic heterocycles. The van der Waals surface area contributed by atoms with Crippen molar-refractivity contribution in [3.63, 3.8) is 0 Å². The van der Waals surface area contributed by atoms with Gasteiger partial charge in [-0.25, -0.2) is 4.98 Å². The van der Waals surface area contributed by atoms with Gasteiger partial charge in [0.1, 0.15) is 3.70 Å². The monoisotopic (exact) mass is 371 g/mol. The van der Waals surface area contributed by atoms with Crippen LogP contribution in [0.2, 0.25) is 0 Å². The molecule has 0 N–H and O–H groups in total. The van der Waals surface area contributed by atoms with E-state index < -0.39 is 33.1 Å². The zero-order valence-electron chi connectivity index (χ0n) is 8.08. The minimum Gasteiger partial charge on any atom is -0.404 e. The first-order valence-electron chi connectivity index (χ1n) is 4.00. The van der Waals surface area contributed by atoms with E-state index >= 15 is 0 Å². The van der Waals surface area contributed by atoms with E-state index in [1.807, 2.05) is 0 Å². The number of alkyl halides is 6. The smallest absolute Gasteiger partial charge is 0.404 e. The number of pyridine rings is 1. The molecule has 0 saturated heterocycles. The molecule has 17 heavy (non-hydrogen) atoms. The van der Waals surface area contributed by atoms with Crippen LogP contribution in [-0.2, 0) is 6.18 Å². The number of rotatable bonds is 1. The highest BCUT2D eigenvalue weighted by Crippen LogP contribution is 2.38. The van der Waals surface area contributed by atoms with Crippen molar-refractivity contribution in [2.24, 2.45) is 0 Å². The molecule has 0 fully saturated rings. The zero-order valence-corrected chi connectivity index (χ0v) is 10.2. The van der Waals surface area contributed by atoms with Crippen LogP contribution in [0.3, 0.4) is 0 Å². The van der Waals surface area contributed by atoms with Crippen molar-refractivity contribution < 1.29 is 31.1 Å². The van der Waals surface area contributed by atoms with Crippen LogP contribution in [-0.4, -0.2) is 11.3 Å². The number of hydrogen-bond acceptors (Lipinski definition) is 2. The first-order valence-corrected chi connectivity index (χ1v) is 5.08. The Morgan fingerprint density at radius 2 is 1.71 bits per heavy atom. The summed E-state index contributed by atoms with van der Waals surface area (Å²) in [6, 6.07) is 0. The summed E-state index contributed by atoms with van der Waals surface area (Å²) in [4.78, 5) is 3.23. The third-order valence-electron chi connectivity index (χ3n) is 1.76. The van der Waals surface area contributed by atoms with Crippen LogP contribution >= 0.6 is 22.6 Å². The number of aromatic nitrogens is 1. The van der Waals surface area contributed by atoms with Gasteiger partial charge in [0.25, 0.3) is 0 Å². The van der Waals surface area contributed by atoms with Crippen molar-refractivity contribution in [2.75, 3.05) is 0 Å². The average Bonchev–Trinajstić information content (AvgIpc) is 2.06. The quantitative estimate of drug-likeness (QED) is 0.424. The fourth-order valence-electron chi connectivity index (χ4n) is 1.11. The van der Waals surface area contributed by atoms with Crippen molar-refractivity contribution in [2.45, 2.75) is 19.5 Å². The molecule has 1 heterocycles. The molecule has 96 valence electrons. The fourth-order valence-corrected chi connectivity index (χ4v) is 1.96. The predicted molar refractivity (Wildman–Crippen MR) is 53.4 cm³/mol. The molecule has 0 aliphatic carbocycles. The highest BCUT2D eigenvalue weighted by Gasteiger charge is 2.39. The second kappa shape index (κ2) is 4.50. The van der Waals surface area contributed by atoms with E-state index in [1.54, 1.807) is 0 Å². The fraction of sp³-hybridized carbons (Fsp3) is 0.375. The Labute approximate surface area is 105 Å².